The Kier molecular flexibility index (Phi) is 52.3. The van der Waals surface area contributed by atoms with E-state index in [-0.39, 0.29) is 31.1 Å². The third-order valence-corrected chi connectivity index (χ3v) is 12.6. The molecular weight excluding hydrogens is 805 g/mol. The second-order valence-electron chi connectivity index (χ2n) is 19.2. The predicted molar refractivity (Wildman–Crippen MR) is 279 cm³/mol. The molecule has 380 valence electrons. The van der Waals surface area contributed by atoms with Crippen molar-refractivity contribution in [3.05, 3.63) is 36.5 Å². The number of unbranched alkanes of at least 4 members (excludes halogenated alkanes) is 35. The molecular formula is C59H108O6. The van der Waals surface area contributed by atoms with Gasteiger partial charge in [-0.15, -0.1) is 0 Å². The monoisotopic (exact) mass is 913 g/mol. The fraction of sp³-hybridized carbons (Fsp3) is 0.847. The molecule has 1 unspecified atom stereocenters. The van der Waals surface area contributed by atoms with Crippen LogP contribution in [0, 0.1) is 0 Å². The van der Waals surface area contributed by atoms with Crippen LogP contribution in [-0.2, 0) is 28.6 Å². The summed E-state index contributed by atoms with van der Waals surface area (Å²) in [6.45, 7) is 6.58. The molecule has 0 fully saturated rings. The van der Waals surface area contributed by atoms with Gasteiger partial charge in [-0.3, -0.25) is 14.4 Å². The lowest BCUT2D eigenvalue weighted by atomic mass is 10.0. The largest absolute Gasteiger partial charge is 0.462 e. The molecule has 0 aliphatic heterocycles. The van der Waals surface area contributed by atoms with Crippen molar-refractivity contribution in [2.75, 3.05) is 13.2 Å². The summed E-state index contributed by atoms with van der Waals surface area (Å²) >= 11 is 0. The van der Waals surface area contributed by atoms with Gasteiger partial charge in [-0.1, -0.05) is 250 Å². The maximum atomic E-state index is 12.8. The lowest BCUT2D eigenvalue weighted by Crippen LogP contribution is -2.30. The first kappa shape index (κ1) is 62.6. The van der Waals surface area contributed by atoms with Crippen LogP contribution in [0.1, 0.15) is 303 Å². The fourth-order valence-electron chi connectivity index (χ4n) is 8.30. The zero-order chi connectivity index (χ0) is 47.2. The quantitative estimate of drug-likeness (QED) is 0.0262. The average Bonchev–Trinajstić information content (AvgIpc) is 3.30. The van der Waals surface area contributed by atoms with E-state index < -0.39 is 6.10 Å². The molecule has 0 saturated heterocycles. The Balaban J connectivity index is 4.26. The smallest absolute Gasteiger partial charge is 0.306 e. The van der Waals surface area contributed by atoms with Gasteiger partial charge in [0.25, 0.3) is 0 Å². The number of hydrogen-bond donors (Lipinski definition) is 0. The second-order valence-corrected chi connectivity index (χ2v) is 19.2. The van der Waals surface area contributed by atoms with Gasteiger partial charge in [0.15, 0.2) is 6.10 Å². The van der Waals surface area contributed by atoms with Gasteiger partial charge < -0.3 is 14.2 Å². The number of esters is 3. The first-order chi connectivity index (χ1) is 32.0. The van der Waals surface area contributed by atoms with E-state index in [0.29, 0.717) is 19.3 Å². The van der Waals surface area contributed by atoms with Crippen LogP contribution in [0.3, 0.4) is 0 Å². The van der Waals surface area contributed by atoms with Crippen LogP contribution in [0.5, 0.6) is 0 Å². The van der Waals surface area contributed by atoms with Crippen molar-refractivity contribution in [1.82, 2.24) is 0 Å². The number of rotatable bonds is 52. The zero-order valence-corrected chi connectivity index (χ0v) is 43.5. The number of allylic oxidation sites excluding steroid dienone is 6. The maximum absolute atomic E-state index is 12.8. The number of ether oxygens (including phenoxy) is 3. The molecule has 6 nitrogen and oxygen atoms in total. The van der Waals surface area contributed by atoms with E-state index in [4.69, 9.17) is 14.2 Å². The lowest BCUT2D eigenvalue weighted by Gasteiger charge is -2.18. The average molecular weight is 914 g/mol. The Bertz CT molecular complexity index is 1090. The Labute approximate surface area is 404 Å². The first-order valence-corrected chi connectivity index (χ1v) is 28.5. The van der Waals surface area contributed by atoms with Crippen LogP contribution >= 0.6 is 0 Å². The van der Waals surface area contributed by atoms with Crippen molar-refractivity contribution in [1.29, 1.82) is 0 Å². The molecule has 0 bridgehead atoms. The van der Waals surface area contributed by atoms with Crippen LogP contribution in [-0.4, -0.2) is 37.2 Å². The van der Waals surface area contributed by atoms with Gasteiger partial charge in [0.2, 0.25) is 0 Å². The van der Waals surface area contributed by atoms with E-state index in [2.05, 4.69) is 57.2 Å². The van der Waals surface area contributed by atoms with E-state index in [9.17, 15) is 14.4 Å². The summed E-state index contributed by atoms with van der Waals surface area (Å²) in [6, 6.07) is 0. The molecule has 0 aliphatic carbocycles. The van der Waals surface area contributed by atoms with Crippen molar-refractivity contribution >= 4 is 17.9 Å². The number of hydrogen-bond acceptors (Lipinski definition) is 6. The van der Waals surface area contributed by atoms with E-state index in [1.807, 2.05) is 0 Å². The van der Waals surface area contributed by atoms with Gasteiger partial charge in [0, 0.05) is 19.3 Å². The highest BCUT2D eigenvalue weighted by Crippen LogP contribution is 2.17. The van der Waals surface area contributed by atoms with Crippen molar-refractivity contribution in [3.8, 4) is 0 Å². The Hall–Kier alpha value is -2.37. The highest BCUT2D eigenvalue weighted by molar-refractivity contribution is 5.71. The minimum Gasteiger partial charge on any atom is -0.462 e. The van der Waals surface area contributed by atoms with E-state index in [0.717, 1.165) is 96.3 Å². The van der Waals surface area contributed by atoms with Crippen LogP contribution in [0.25, 0.3) is 0 Å². The topological polar surface area (TPSA) is 78.9 Å². The van der Waals surface area contributed by atoms with Crippen LogP contribution < -0.4 is 0 Å². The highest BCUT2D eigenvalue weighted by Gasteiger charge is 2.19. The van der Waals surface area contributed by atoms with Gasteiger partial charge in [-0.2, -0.15) is 0 Å². The normalized spacial score (nSPS) is 12.2. The van der Waals surface area contributed by atoms with Crippen molar-refractivity contribution in [2.24, 2.45) is 0 Å². The van der Waals surface area contributed by atoms with E-state index in [1.165, 1.54) is 167 Å². The zero-order valence-electron chi connectivity index (χ0n) is 43.5. The minimum absolute atomic E-state index is 0.0773. The SMILES string of the molecule is CCC/C=C\CCCCCCCC(=O)OCC(COC(=O)CCCCCCCCCCCCCCCCCCCCCCC)OC(=O)CCCCCCC/C=C\C/C=C\CCCCCC. The van der Waals surface area contributed by atoms with Crippen molar-refractivity contribution in [3.63, 3.8) is 0 Å². The van der Waals surface area contributed by atoms with Crippen LogP contribution in [0.4, 0.5) is 0 Å². The number of carbonyl (C=O) groups is 3. The summed E-state index contributed by atoms with van der Waals surface area (Å²) < 4.78 is 16.8. The van der Waals surface area contributed by atoms with Crippen LogP contribution in [0.15, 0.2) is 36.5 Å². The summed E-state index contributed by atoms with van der Waals surface area (Å²) in [4.78, 5) is 38.0. The van der Waals surface area contributed by atoms with Crippen molar-refractivity contribution < 1.29 is 28.6 Å². The van der Waals surface area contributed by atoms with Crippen LogP contribution in [0.2, 0.25) is 0 Å². The maximum Gasteiger partial charge on any atom is 0.306 e. The predicted octanol–water partition coefficient (Wildman–Crippen LogP) is 18.9. The Morgan fingerprint density at radius 2 is 0.585 bits per heavy atom. The molecule has 0 heterocycles. The summed E-state index contributed by atoms with van der Waals surface area (Å²) in [7, 11) is 0. The molecule has 0 aliphatic rings. The molecule has 6 heteroatoms. The first-order valence-electron chi connectivity index (χ1n) is 28.5. The third-order valence-electron chi connectivity index (χ3n) is 12.6. The summed E-state index contributed by atoms with van der Waals surface area (Å²) in [6.07, 6.45) is 64.3. The third kappa shape index (κ3) is 52.5. The summed E-state index contributed by atoms with van der Waals surface area (Å²) in [5.74, 6) is -0.888. The molecule has 1 atom stereocenters. The Morgan fingerprint density at radius 1 is 0.308 bits per heavy atom. The summed E-state index contributed by atoms with van der Waals surface area (Å²) in [5.41, 5.74) is 0. The minimum atomic E-state index is -0.779. The van der Waals surface area contributed by atoms with Gasteiger partial charge in [0.05, 0.1) is 0 Å². The van der Waals surface area contributed by atoms with Gasteiger partial charge >= 0.3 is 17.9 Å². The molecule has 0 spiro atoms. The van der Waals surface area contributed by atoms with E-state index in [1.54, 1.807) is 0 Å². The number of carbonyl (C=O) groups excluding carboxylic acids is 3. The standard InChI is InChI=1S/C59H108O6/c1-4-7-10-13-16-19-22-24-26-28-29-30-31-32-34-35-37-40-43-46-49-52-58(61)64-55-56(54-63-57(60)51-48-45-42-39-21-18-15-12-9-6-3)65-59(62)53-50-47-44-41-38-36-33-27-25-23-20-17-14-11-8-5-2/h12,15,20,23,27,33,56H,4-11,13-14,16-19,21-22,24-26,28-32,34-55H2,1-3H3/b15-12-,23-20-,33-27-. The molecule has 0 N–H and O–H groups in total. The van der Waals surface area contributed by atoms with E-state index >= 15 is 0 Å². The molecule has 0 aromatic carbocycles. The van der Waals surface area contributed by atoms with Gasteiger partial charge in [-0.25, -0.2) is 0 Å². The van der Waals surface area contributed by atoms with Gasteiger partial charge in [-0.05, 0) is 70.6 Å². The molecule has 0 amide bonds. The second kappa shape index (κ2) is 54.2. The summed E-state index contributed by atoms with van der Waals surface area (Å²) in [5, 5.41) is 0. The molecule has 0 saturated carbocycles. The molecule has 0 aromatic heterocycles. The lowest BCUT2D eigenvalue weighted by molar-refractivity contribution is -0.167. The van der Waals surface area contributed by atoms with Crippen molar-refractivity contribution in [2.45, 2.75) is 309 Å². The highest BCUT2D eigenvalue weighted by atomic mass is 16.6. The molecule has 0 radical (unpaired) electrons. The molecule has 65 heavy (non-hydrogen) atoms. The fourth-order valence-corrected chi connectivity index (χ4v) is 8.30. The molecule has 0 rings (SSSR count). The van der Waals surface area contributed by atoms with Gasteiger partial charge in [0.1, 0.15) is 13.2 Å². The molecule has 0 aromatic rings. The Morgan fingerprint density at radius 3 is 0.938 bits per heavy atom.